The molecule has 1 aromatic rings. The second kappa shape index (κ2) is 6.54. The van der Waals surface area contributed by atoms with Gasteiger partial charge in [0, 0.05) is 25.4 Å². The Labute approximate surface area is 116 Å². The summed E-state index contributed by atoms with van der Waals surface area (Å²) in [4.78, 5) is 4.36. The molecule has 0 amide bonds. The Hall–Kier alpha value is -0.845. The first-order valence-corrected chi connectivity index (χ1v) is 6.90. The van der Waals surface area contributed by atoms with Crippen LogP contribution in [-0.4, -0.2) is 34.6 Å². The highest BCUT2D eigenvalue weighted by atomic mass is 16.8. The van der Waals surface area contributed by atoms with Crippen molar-refractivity contribution in [1.82, 2.24) is 9.55 Å². The Kier molecular flexibility index (Phi) is 5.58. The summed E-state index contributed by atoms with van der Waals surface area (Å²) in [5.74, 6) is 0. The third kappa shape index (κ3) is 4.64. The van der Waals surface area contributed by atoms with Crippen molar-refractivity contribution in [2.45, 2.75) is 59.9 Å². The van der Waals surface area contributed by atoms with E-state index in [1.54, 1.807) is 6.33 Å². The van der Waals surface area contributed by atoms with Crippen molar-refractivity contribution in [3.8, 4) is 0 Å². The molecule has 0 radical (unpaired) electrons. The molecule has 5 nitrogen and oxygen atoms in total. The van der Waals surface area contributed by atoms with Gasteiger partial charge in [0.2, 0.25) is 0 Å². The number of aryl methyl sites for hydroxylation is 1. The predicted molar refractivity (Wildman–Crippen MR) is 77.3 cm³/mol. The lowest BCUT2D eigenvalue weighted by molar-refractivity contribution is 0.0147. The molecule has 0 spiro atoms. The highest BCUT2D eigenvalue weighted by Crippen LogP contribution is 2.17. The Bertz CT molecular complexity index is 364. The molecule has 6 heteroatoms. The predicted octanol–water partition coefficient (Wildman–Crippen LogP) is 1.84. The zero-order valence-electron chi connectivity index (χ0n) is 13.1. The second-order valence-corrected chi connectivity index (χ2v) is 5.66. The minimum absolute atomic E-state index is 0.0143. The van der Waals surface area contributed by atoms with Crippen molar-refractivity contribution in [2.24, 2.45) is 7.05 Å². The van der Waals surface area contributed by atoms with Crippen molar-refractivity contribution < 1.29 is 14.0 Å². The van der Waals surface area contributed by atoms with Crippen LogP contribution in [0.1, 0.15) is 41.5 Å². The second-order valence-electron chi connectivity index (χ2n) is 5.66. The topological polar surface area (TPSA) is 45.5 Å². The van der Waals surface area contributed by atoms with Crippen LogP contribution in [0.4, 0.5) is 0 Å². The fourth-order valence-corrected chi connectivity index (χ4v) is 2.00. The fourth-order valence-electron chi connectivity index (χ4n) is 2.00. The normalized spacial score (nSPS) is 12.9. The molecule has 0 bridgehead atoms. The lowest BCUT2D eigenvalue weighted by Gasteiger charge is -2.45. The average molecular weight is 269 g/mol. The summed E-state index contributed by atoms with van der Waals surface area (Å²) in [5, 5.41) is 0. The third-order valence-corrected chi connectivity index (χ3v) is 2.44. The number of imidazole rings is 1. The molecule has 110 valence electrons. The monoisotopic (exact) mass is 269 g/mol. The molecular formula is C13H26BN2O3-. The molecule has 1 aromatic heterocycles. The van der Waals surface area contributed by atoms with Gasteiger partial charge in [0.15, 0.2) is 0 Å². The van der Waals surface area contributed by atoms with Crippen molar-refractivity contribution in [3.63, 3.8) is 0 Å². The molecule has 0 aromatic carbocycles. The first-order chi connectivity index (χ1) is 8.75. The van der Waals surface area contributed by atoms with E-state index in [0.29, 0.717) is 5.59 Å². The molecule has 1 heterocycles. The number of hydrogen-bond donors (Lipinski definition) is 0. The SMILES string of the molecule is CC(C)O[B-](OC(C)C)(OC(C)C)c1cn(C)cn1. The van der Waals surface area contributed by atoms with Crippen LogP contribution in [0.2, 0.25) is 0 Å². The van der Waals surface area contributed by atoms with Crippen molar-refractivity contribution in [2.75, 3.05) is 0 Å². The van der Waals surface area contributed by atoms with Crippen LogP contribution in [-0.2, 0) is 21.0 Å². The lowest BCUT2D eigenvalue weighted by Crippen LogP contribution is -2.60. The number of aromatic nitrogens is 2. The molecule has 0 unspecified atom stereocenters. The summed E-state index contributed by atoms with van der Waals surface area (Å²) in [5.41, 5.74) is 0.693. The zero-order valence-corrected chi connectivity index (χ0v) is 13.1. The highest BCUT2D eigenvalue weighted by Gasteiger charge is 2.36. The minimum atomic E-state index is -2.03. The van der Waals surface area contributed by atoms with Gasteiger partial charge in [-0.15, -0.1) is 0 Å². The van der Waals surface area contributed by atoms with E-state index in [4.69, 9.17) is 14.0 Å². The summed E-state index contributed by atoms with van der Waals surface area (Å²) in [7, 11) is 1.91. The van der Waals surface area contributed by atoms with Gasteiger partial charge in [-0.3, -0.25) is 4.98 Å². The van der Waals surface area contributed by atoms with Crippen LogP contribution in [0.5, 0.6) is 0 Å². The summed E-state index contributed by atoms with van der Waals surface area (Å²) < 4.78 is 19.9. The number of rotatable bonds is 7. The summed E-state index contributed by atoms with van der Waals surface area (Å²) >= 11 is 0. The van der Waals surface area contributed by atoms with Crippen LogP contribution in [0.15, 0.2) is 12.5 Å². The van der Waals surface area contributed by atoms with Gasteiger partial charge in [-0.05, 0) is 53.3 Å². The van der Waals surface area contributed by atoms with Gasteiger partial charge in [-0.25, -0.2) is 0 Å². The third-order valence-electron chi connectivity index (χ3n) is 2.44. The first-order valence-electron chi connectivity index (χ1n) is 6.90. The maximum Gasteiger partial charge on any atom is 0.429 e. The van der Waals surface area contributed by atoms with Crippen LogP contribution < -0.4 is 5.59 Å². The van der Waals surface area contributed by atoms with Crippen molar-refractivity contribution in [3.05, 3.63) is 12.5 Å². The minimum Gasteiger partial charge on any atom is -0.538 e. The van der Waals surface area contributed by atoms with Gasteiger partial charge in [0.05, 0.1) is 6.33 Å². The average Bonchev–Trinajstić information content (AvgIpc) is 2.61. The van der Waals surface area contributed by atoms with Gasteiger partial charge < -0.3 is 18.5 Å². The highest BCUT2D eigenvalue weighted by molar-refractivity contribution is 6.74. The Morgan fingerprint density at radius 3 is 1.63 bits per heavy atom. The van der Waals surface area contributed by atoms with Gasteiger partial charge in [-0.2, -0.15) is 0 Å². The lowest BCUT2D eigenvalue weighted by atomic mass is 9.72. The van der Waals surface area contributed by atoms with Gasteiger partial charge in [-0.1, -0.05) is 0 Å². The summed E-state index contributed by atoms with van der Waals surface area (Å²) in [6, 6.07) is 0. The molecule has 0 fully saturated rings. The van der Waals surface area contributed by atoms with E-state index in [-0.39, 0.29) is 18.3 Å². The molecular weight excluding hydrogens is 243 g/mol. The van der Waals surface area contributed by atoms with Gasteiger partial charge >= 0.3 is 6.75 Å². The van der Waals surface area contributed by atoms with Crippen LogP contribution in [0, 0.1) is 0 Å². The zero-order chi connectivity index (χ0) is 14.6. The van der Waals surface area contributed by atoms with E-state index in [0.717, 1.165) is 0 Å². The molecule has 0 saturated carbocycles. The molecule has 0 N–H and O–H groups in total. The fraction of sp³-hybridized carbons (Fsp3) is 0.769. The van der Waals surface area contributed by atoms with Gasteiger partial charge in [0.1, 0.15) is 0 Å². The maximum absolute atomic E-state index is 6.00. The largest absolute Gasteiger partial charge is 0.538 e. The van der Waals surface area contributed by atoms with Crippen molar-refractivity contribution in [1.29, 1.82) is 0 Å². The summed E-state index contributed by atoms with van der Waals surface area (Å²) in [6.45, 7) is 9.76. The van der Waals surface area contributed by atoms with E-state index in [1.807, 2.05) is 59.4 Å². The number of nitrogens with zero attached hydrogens (tertiary/aromatic N) is 2. The Morgan fingerprint density at radius 1 is 0.947 bits per heavy atom. The van der Waals surface area contributed by atoms with E-state index >= 15 is 0 Å². The van der Waals surface area contributed by atoms with E-state index in [2.05, 4.69) is 4.98 Å². The van der Waals surface area contributed by atoms with E-state index in [1.165, 1.54) is 0 Å². The van der Waals surface area contributed by atoms with Crippen LogP contribution in [0.3, 0.4) is 0 Å². The summed E-state index contributed by atoms with van der Waals surface area (Å²) in [6.07, 6.45) is 3.56. The molecule has 0 saturated heterocycles. The molecule has 0 aliphatic rings. The molecule has 0 aliphatic carbocycles. The first kappa shape index (κ1) is 16.2. The Morgan fingerprint density at radius 2 is 1.37 bits per heavy atom. The molecule has 0 atom stereocenters. The standard InChI is InChI=1S/C13H26BN2O3/c1-10(2)17-14(18-11(3)4,19-12(5)6)13-8-16(7)9-15-13/h8-12H,1-7H3/q-1. The van der Waals surface area contributed by atoms with Gasteiger partial charge in [0.25, 0.3) is 0 Å². The smallest absolute Gasteiger partial charge is 0.429 e. The van der Waals surface area contributed by atoms with Crippen LogP contribution in [0.25, 0.3) is 0 Å². The van der Waals surface area contributed by atoms with Crippen molar-refractivity contribution >= 4 is 12.3 Å². The van der Waals surface area contributed by atoms with Crippen LogP contribution >= 0.6 is 0 Å². The number of hydrogen-bond acceptors (Lipinski definition) is 4. The maximum atomic E-state index is 6.00. The molecule has 19 heavy (non-hydrogen) atoms. The quantitative estimate of drug-likeness (QED) is 0.708. The van der Waals surface area contributed by atoms with E-state index in [9.17, 15) is 0 Å². The van der Waals surface area contributed by atoms with E-state index < -0.39 is 6.75 Å². The molecule has 1 rings (SSSR count). The molecule has 0 aliphatic heterocycles. The Balaban J connectivity index is 3.16.